The van der Waals surface area contributed by atoms with Gasteiger partial charge in [0.2, 0.25) is 5.91 Å². The Morgan fingerprint density at radius 2 is 1.80 bits per heavy atom. The molecule has 0 heterocycles. The Bertz CT molecular complexity index is 413. The number of hydrogen-bond acceptors (Lipinski definition) is 4. The summed E-state index contributed by atoms with van der Waals surface area (Å²) in [5, 5.41) is 2.86. The molecule has 5 heteroatoms. The smallest absolute Gasteiger partial charge is 0.224 e. The number of benzene rings is 1. The van der Waals surface area contributed by atoms with E-state index in [4.69, 9.17) is 15.2 Å². The Kier molecular flexibility index (Phi) is 6.87. The minimum atomic E-state index is -0.0100. The van der Waals surface area contributed by atoms with E-state index in [0.717, 1.165) is 12.8 Å². The molecule has 1 aromatic rings. The number of nitrogens with two attached hydrogens (primary N) is 1. The van der Waals surface area contributed by atoms with Gasteiger partial charge in [-0.1, -0.05) is 6.92 Å². The van der Waals surface area contributed by atoms with Gasteiger partial charge in [0.05, 0.1) is 14.2 Å². The number of ether oxygens (including phenoxy) is 2. The molecule has 1 unspecified atom stereocenters. The topological polar surface area (TPSA) is 73.6 Å². The fraction of sp³-hybridized carbons (Fsp3) is 0.533. The number of rotatable bonds is 8. The van der Waals surface area contributed by atoms with Crippen molar-refractivity contribution >= 4 is 11.6 Å². The zero-order valence-corrected chi connectivity index (χ0v) is 12.4. The van der Waals surface area contributed by atoms with E-state index >= 15 is 0 Å². The van der Waals surface area contributed by atoms with Crippen LogP contribution in [-0.2, 0) is 4.79 Å². The molecule has 1 aromatic carbocycles. The van der Waals surface area contributed by atoms with E-state index in [9.17, 15) is 4.79 Å². The van der Waals surface area contributed by atoms with Gasteiger partial charge in [-0.2, -0.15) is 0 Å². The van der Waals surface area contributed by atoms with Crippen LogP contribution in [-0.4, -0.2) is 26.7 Å². The minimum absolute atomic E-state index is 0.0100. The number of methoxy groups -OCH3 is 2. The van der Waals surface area contributed by atoms with Gasteiger partial charge in [-0.3, -0.25) is 4.79 Å². The van der Waals surface area contributed by atoms with E-state index < -0.39 is 0 Å². The first-order valence-corrected chi connectivity index (χ1v) is 6.82. The third kappa shape index (κ3) is 5.48. The second-order valence-electron chi connectivity index (χ2n) is 4.87. The highest BCUT2D eigenvalue weighted by Crippen LogP contribution is 2.26. The lowest BCUT2D eigenvalue weighted by molar-refractivity contribution is -0.116. The number of hydrogen-bond donors (Lipinski definition) is 2. The molecule has 0 saturated heterocycles. The zero-order chi connectivity index (χ0) is 15.0. The summed E-state index contributed by atoms with van der Waals surface area (Å²) in [6.07, 6.45) is 2.27. The van der Waals surface area contributed by atoms with Gasteiger partial charge in [-0.15, -0.1) is 0 Å². The Hall–Kier alpha value is -1.75. The molecule has 3 N–H and O–H groups in total. The summed E-state index contributed by atoms with van der Waals surface area (Å²) < 4.78 is 10.3. The molecule has 1 atom stereocenters. The summed E-state index contributed by atoms with van der Waals surface area (Å²) in [4.78, 5) is 11.9. The van der Waals surface area contributed by atoms with Crippen LogP contribution in [0, 0.1) is 5.92 Å². The van der Waals surface area contributed by atoms with Crippen LogP contribution < -0.4 is 20.5 Å². The Labute approximate surface area is 120 Å². The van der Waals surface area contributed by atoms with Crippen LogP contribution in [0.3, 0.4) is 0 Å². The number of anilines is 1. The number of carbonyl (C=O) groups excluding carboxylic acids is 1. The van der Waals surface area contributed by atoms with Gasteiger partial charge in [0.1, 0.15) is 11.5 Å². The second-order valence-corrected chi connectivity index (χ2v) is 4.87. The fourth-order valence-electron chi connectivity index (χ4n) is 1.91. The average molecular weight is 280 g/mol. The van der Waals surface area contributed by atoms with Crippen molar-refractivity contribution in [1.29, 1.82) is 0 Å². The lowest BCUT2D eigenvalue weighted by atomic mass is 10.0. The van der Waals surface area contributed by atoms with Crippen LogP contribution in [0.1, 0.15) is 26.2 Å². The van der Waals surface area contributed by atoms with Gasteiger partial charge < -0.3 is 20.5 Å². The van der Waals surface area contributed by atoms with Gasteiger partial charge in [0.15, 0.2) is 0 Å². The summed E-state index contributed by atoms with van der Waals surface area (Å²) >= 11 is 0. The molecule has 0 aliphatic heterocycles. The highest BCUT2D eigenvalue weighted by molar-refractivity contribution is 5.91. The molecule has 20 heavy (non-hydrogen) atoms. The highest BCUT2D eigenvalue weighted by Gasteiger charge is 2.08. The number of nitrogens with one attached hydrogen (secondary N) is 1. The van der Waals surface area contributed by atoms with Crippen LogP contribution in [0.4, 0.5) is 5.69 Å². The van der Waals surface area contributed by atoms with Crippen molar-refractivity contribution < 1.29 is 14.3 Å². The first kappa shape index (κ1) is 16.3. The molecule has 0 bridgehead atoms. The first-order chi connectivity index (χ1) is 9.58. The molecule has 0 radical (unpaired) electrons. The second kappa shape index (κ2) is 8.43. The molecule has 0 aromatic heterocycles. The van der Waals surface area contributed by atoms with E-state index in [2.05, 4.69) is 12.2 Å². The normalized spacial score (nSPS) is 11.8. The molecule has 0 saturated carbocycles. The summed E-state index contributed by atoms with van der Waals surface area (Å²) in [7, 11) is 3.16. The van der Waals surface area contributed by atoms with Crippen molar-refractivity contribution in [3.63, 3.8) is 0 Å². The molecule has 0 spiro atoms. The largest absolute Gasteiger partial charge is 0.497 e. The van der Waals surface area contributed by atoms with Crippen LogP contribution in [0.25, 0.3) is 0 Å². The summed E-state index contributed by atoms with van der Waals surface area (Å²) in [6, 6.07) is 5.30. The van der Waals surface area contributed by atoms with Crippen molar-refractivity contribution in [3.05, 3.63) is 18.2 Å². The predicted octanol–water partition coefficient (Wildman–Crippen LogP) is 2.41. The minimum Gasteiger partial charge on any atom is -0.497 e. The van der Waals surface area contributed by atoms with E-state index in [0.29, 0.717) is 36.1 Å². The van der Waals surface area contributed by atoms with Crippen LogP contribution in [0.15, 0.2) is 18.2 Å². The number of amides is 1. The first-order valence-electron chi connectivity index (χ1n) is 6.82. The van der Waals surface area contributed by atoms with E-state index in [1.165, 1.54) is 0 Å². The van der Waals surface area contributed by atoms with Crippen molar-refractivity contribution in [1.82, 2.24) is 0 Å². The average Bonchev–Trinajstić information content (AvgIpc) is 2.45. The van der Waals surface area contributed by atoms with Crippen LogP contribution >= 0.6 is 0 Å². The fourth-order valence-corrected chi connectivity index (χ4v) is 1.91. The maximum atomic E-state index is 11.9. The third-order valence-corrected chi connectivity index (χ3v) is 3.16. The Morgan fingerprint density at radius 1 is 1.20 bits per heavy atom. The molecular formula is C15H24N2O3. The summed E-state index contributed by atoms with van der Waals surface area (Å²) in [5.41, 5.74) is 6.17. The van der Waals surface area contributed by atoms with E-state index in [1.807, 2.05) is 0 Å². The van der Waals surface area contributed by atoms with Gasteiger partial charge in [0, 0.05) is 30.3 Å². The molecule has 1 rings (SSSR count). The lowest BCUT2D eigenvalue weighted by Crippen LogP contribution is -2.14. The Morgan fingerprint density at radius 3 is 2.30 bits per heavy atom. The predicted molar refractivity (Wildman–Crippen MR) is 80.2 cm³/mol. The molecule has 112 valence electrons. The SMILES string of the molecule is COc1cc(NC(=O)CCC(C)CCN)cc(OC)c1. The summed E-state index contributed by atoms with van der Waals surface area (Å²) in [5.74, 6) is 1.75. The zero-order valence-electron chi connectivity index (χ0n) is 12.4. The highest BCUT2D eigenvalue weighted by atomic mass is 16.5. The third-order valence-electron chi connectivity index (χ3n) is 3.16. The molecule has 5 nitrogen and oxygen atoms in total. The molecular weight excluding hydrogens is 256 g/mol. The molecule has 0 aliphatic rings. The number of carbonyl (C=O) groups is 1. The maximum absolute atomic E-state index is 11.9. The van der Waals surface area contributed by atoms with Crippen molar-refractivity contribution in [2.24, 2.45) is 11.7 Å². The van der Waals surface area contributed by atoms with Gasteiger partial charge in [0.25, 0.3) is 0 Å². The van der Waals surface area contributed by atoms with Crippen molar-refractivity contribution in [2.75, 3.05) is 26.1 Å². The van der Waals surface area contributed by atoms with E-state index in [1.54, 1.807) is 32.4 Å². The van der Waals surface area contributed by atoms with Gasteiger partial charge in [-0.05, 0) is 25.3 Å². The van der Waals surface area contributed by atoms with Crippen molar-refractivity contribution in [2.45, 2.75) is 26.2 Å². The Balaban J connectivity index is 2.56. The maximum Gasteiger partial charge on any atom is 0.224 e. The van der Waals surface area contributed by atoms with Crippen LogP contribution in [0.2, 0.25) is 0 Å². The quantitative estimate of drug-likeness (QED) is 0.767. The van der Waals surface area contributed by atoms with E-state index in [-0.39, 0.29) is 5.91 Å². The summed E-state index contributed by atoms with van der Waals surface area (Å²) in [6.45, 7) is 2.77. The molecule has 0 aliphatic carbocycles. The monoisotopic (exact) mass is 280 g/mol. The van der Waals surface area contributed by atoms with Gasteiger partial charge >= 0.3 is 0 Å². The van der Waals surface area contributed by atoms with Crippen LogP contribution in [0.5, 0.6) is 11.5 Å². The standard InChI is InChI=1S/C15H24N2O3/c1-11(6-7-16)4-5-15(18)17-12-8-13(19-2)10-14(9-12)20-3/h8-11H,4-7,16H2,1-3H3,(H,17,18). The lowest BCUT2D eigenvalue weighted by Gasteiger charge is -2.11. The molecule has 1 amide bonds. The van der Waals surface area contributed by atoms with Gasteiger partial charge in [-0.25, -0.2) is 0 Å². The molecule has 0 fully saturated rings. The van der Waals surface area contributed by atoms with Crippen molar-refractivity contribution in [3.8, 4) is 11.5 Å².